The smallest absolute Gasteiger partial charge is 0.167 e. The lowest BCUT2D eigenvalue weighted by atomic mass is 9.85. The number of carbonyl (C=O) groups excluding carboxylic acids is 2. The van der Waals surface area contributed by atoms with Crippen molar-refractivity contribution >= 4 is 22.3 Å². The molecule has 21 heavy (non-hydrogen) atoms. The molecule has 0 aromatic heterocycles. The number of hydrogen-bond acceptors (Lipinski definition) is 4. The van der Waals surface area contributed by atoms with E-state index < -0.39 is 0 Å². The van der Waals surface area contributed by atoms with Gasteiger partial charge in [-0.3, -0.25) is 9.59 Å². The topological polar surface area (TPSA) is 74.6 Å². The van der Waals surface area contributed by atoms with Gasteiger partial charge >= 0.3 is 0 Å². The van der Waals surface area contributed by atoms with Crippen LogP contribution in [0.5, 0.6) is 11.5 Å². The third-order valence-electron chi connectivity index (χ3n) is 3.99. The number of phenolic OH excluding ortho intramolecular Hbond substituents is 2. The molecule has 2 aromatic carbocycles. The summed E-state index contributed by atoms with van der Waals surface area (Å²) in [6.45, 7) is 2.05. The number of benzene rings is 2. The molecule has 4 heteroatoms. The largest absolute Gasteiger partial charge is 0.507 e. The van der Waals surface area contributed by atoms with Crippen LogP contribution in [0.3, 0.4) is 0 Å². The first-order chi connectivity index (χ1) is 10.0. The van der Waals surface area contributed by atoms with Gasteiger partial charge in [0.1, 0.15) is 11.5 Å². The minimum atomic E-state index is -0.295. The van der Waals surface area contributed by atoms with E-state index in [1.807, 2.05) is 6.07 Å². The highest BCUT2D eigenvalue weighted by molar-refractivity contribution is 6.21. The first-order valence-electron chi connectivity index (χ1n) is 7.11. The lowest BCUT2D eigenvalue weighted by Crippen LogP contribution is -2.17. The summed E-state index contributed by atoms with van der Waals surface area (Å²) in [7, 11) is 0. The van der Waals surface area contributed by atoms with Crippen molar-refractivity contribution in [1.29, 1.82) is 0 Å². The van der Waals surface area contributed by atoms with Gasteiger partial charge < -0.3 is 10.2 Å². The summed E-state index contributed by atoms with van der Waals surface area (Å²) in [5, 5.41) is 21.6. The Kier molecular flexibility index (Phi) is 3.16. The fourth-order valence-corrected chi connectivity index (χ4v) is 2.96. The van der Waals surface area contributed by atoms with Crippen molar-refractivity contribution in [3.8, 4) is 11.5 Å². The van der Waals surface area contributed by atoms with Crippen molar-refractivity contribution < 1.29 is 19.8 Å². The van der Waals surface area contributed by atoms with Crippen LogP contribution >= 0.6 is 0 Å². The molecule has 2 N–H and O–H groups in total. The first kappa shape index (κ1) is 13.6. The Bertz CT molecular complexity index is 774. The summed E-state index contributed by atoms with van der Waals surface area (Å²) in [5.41, 5.74) is 0.971. The third kappa shape index (κ3) is 1.98. The number of aryl methyl sites for hydroxylation is 1. The zero-order valence-electron chi connectivity index (χ0n) is 11.8. The van der Waals surface area contributed by atoms with Crippen molar-refractivity contribution in [2.24, 2.45) is 0 Å². The number of carbonyl (C=O) groups is 2. The molecule has 0 amide bonds. The molecule has 0 unspecified atom stereocenters. The maximum absolute atomic E-state index is 12.0. The van der Waals surface area contributed by atoms with E-state index >= 15 is 0 Å². The predicted molar refractivity (Wildman–Crippen MR) is 79.2 cm³/mol. The van der Waals surface area contributed by atoms with E-state index in [0.29, 0.717) is 10.8 Å². The lowest BCUT2D eigenvalue weighted by Gasteiger charge is -2.19. The second kappa shape index (κ2) is 4.88. The molecule has 2 aromatic rings. The fraction of sp³-hybridized carbons (Fsp3) is 0.294. The lowest BCUT2D eigenvalue weighted by molar-refractivity contribution is 0.0885. The Balaban J connectivity index is 2.38. The highest BCUT2D eigenvalue weighted by Crippen LogP contribution is 2.43. The Morgan fingerprint density at radius 1 is 0.952 bits per heavy atom. The fourth-order valence-electron chi connectivity index (χ4n) is 2.96. The van der Waals surface area contributed by atoms with Crippen LogP contribution in [-0.2, 0) is 6.42 Å². The molecule has 0 saturated heterocycles. The molecule has 0 saturated carbocycles. The number of rotatable bonds is 2. The van der Waals surface area contributed by atoms with E-state index in [4.69, 9.17) is 0 Å². The standard InChI is InChI=1S/C17H16O4/c1-2-3-9-4-5-10-11(8-9)17(21)15-13(19)7-6-12(18)14(15)16(10)20/h4-5,8,20-21H,2-3,6-7H2,1H3. The number of phenols is 2. The number of fused-ring (bicyclic) bond motifs is 2. The Hall–Kier alpha value is -2.36. The molecule has 0 bridgehead atoms. The Labute approximate surface area is 122 Å². The van der Waals surface area contributed by atoms with Gasteiger partial charge in [-0.1, -0.05) is 25.5 Å². The second-order valence-corrected chi connectivity index (χ2v) is 5.42. The normalized spacial score (nSPS) is 14.5. The van der Waals surface area contributed by atoms with Crippen molar-refractivity contribution in [2.75, 3.05) is 0 Å². The van der Waals surface area contributed by atoms with Crippen LogP contribution in [0, 0.1) is 0 Å². The minimum Gasteiger partial charge on any atom is -0.507 e. The highest BCUT2D eigenvalue weighted by atomic mass is 16.3. The molecular weight excluding hydrogens is 268 g/mol. The molecule has 0 heterocycles. The van der Waals surface area contributed by atoms with Gasteiger partial charge in [0.15, 0.2) is 11.6 Å². The number of aromatic hydroxyl groups is 2. The van der Waals surface area contributed by atoms with Gasteiger partial charge in [-0.2, -0.15) is 0 Å². The summed E-state index contributed by atoms with van der Waals surface area (Å²) < 4.78 is 0. The van der Waals surface area contributed by atoms with Crippen LogP contribution in [0.4, 0.5) is 0 Å². The van der Waals surface area contributed by atoms with E-state index in [0.717, 1.165) is 18.4 Å². The molecule has 108 valence electrons. The number of hydrogen-bond donors (Lipinski definition) is 2. The van der Waals surface area contributed by atoms with Crippen LogP contribution in [0.15, 0.2) is 18.2 Å². The summed E-state index contributed by atoms with van der Waals surface area (Å²) in [6.07, 6.45) is 1.97. The van der Waals surface area contributed by atoms with Gasteiger partial charge in [-0.25, -0.2) is 0 Å². The summed E-state index contributed by atoms with van der Waals surface area (Å²) in [6, 6.07) is 5.34. The van der Waals surface area contributed by atoms with E-state index in [1.54, 1.807) is 12.1 Å². The maximum atomic E-state index is 12.0. The van der Waals surface area contributed by atoms with Crippen LogP contribution < -0.4 is 0 Å². The second-order valence-electron chi connectivity index (χ2n) is 5.42. The highest BCUT2D eigenvalue weighted by Gasteiger charge is 2.31. The third-order valence-corrected chi connectivity index (χ3v) is 3.99. The predicted octanol–water partition coefficient (Wildman–Crippen LogP) is 3.36. The van der Waals surface area contributed by atoms with Gasteiger partial charge in [0, 0.05) is 23.6 Å². The zero-order chi connectivity index (χ0) is 15.1. The average Bonchev–Trinajstić information content (AvgIpc) is 2.47. The van der Waals surface area contributed by atoms with Crippen molar-refractivity contribution in [3.05, 3.63) is 34.9 Å². The molecule has 0 radical (unpaired) electrons. The van der Waals surface area contributed by atoms with Crippen molar-refractivity contribution in [2.45, 2.75) is 32.6 Å². The zero-order valence-corrected chi connectivity index (χ0v) is 11.8. The quantitative estimate of drug-likeness (QED) is 0.829. The van der Waals surface area contributed by atoms with E-state index in [2.05, 4.69) is 6.92 Å². The summed E-state index contributed by atoms with van der Waals surface area (Å²) >= 11 is 0. The molecule has 1 aliphatic carbocycles. The van der Waals surface area contributed by atoms with E-state index in [1.165, 1.54) is 0 Å². The molecule has 0 aliphatic heterocycles. The van der Waals surface area contributed by atoms with Gasteiger partial charge in [0.2, 0.25) is 0 Å². The first-order valence-corrected chi connectivity index (χ1v) is 7.11. The SMILES string of the molecule is CCCc1ccc2c(O)c3c(c(O)c2c1)C(=O)CCC3=O. The van der Waals surface area contributed by atoms with Crippen molar-refractivity contribution in [3.63, 3.8) is 0 Å². The van der Waals surface area contributed by atoms with Gasteiger partial charge in [0.05, 0.1) is 11.1 Å². The minimum absolute atomic E-state index is 0.0232. The summed E-state index contributed by atoms with van der Waals surface area (Å²) in [5.74, 6) is -0.968. The van der Waals surface area contributed by atoms with Crippen LogP contribution in [-0.4, -0.2) is 21.8 Å². The molecular formula is C17H16O4. The molecule has 4 nitrogen and oxygen atoms in total. The summed E-state index contributed by atoms with van der Waals surface area (Å²) in [4.78, 5) is 24.0. The van der Waals surface area contributed by atoms with Crippen LogP contribution in [0.2, 0.25) is 0 Å². The van der Waals surface area contributed by atoms with E-state index in [9.17, 15) is 19.8 Å². The Morgan fingerprint density at radius 3 is 2.10 bits per heavy atom. The van der Waals surface area contributed by atoms with Crippen LogP contribution in [0.25, 0.3) is 10.8 Å². The van der Waals surface area contributed by atoms with Gasteiger partial charge in [0.25, 0.3) is 0 Å². The average molecular weight is 284 g/mol. The van der Waals surface area contributed by atoms with Crippen molar-refractivity contribution in [1.82, 2.24) is 0 Å². The molecule has 3 rings (SSSR count). The monoisotopic (exact) mass is 284 g/mol. The van der Waals surface area contributed by atoms with E-state index in [-0.39, 0.29) is 47.0 Å². The molecule has 0 spiro atoms. The number of ketones is 2. The number of Topliss-reactive ketones (excluding diaryl/α,β-unsaturated/α-hetero) is 2. The Morgan fingerprint density at radius 2 is 1.52 bits per heavy atom. The van der Waals surface area contributed by atoms with Crippen LogP contribution in [0.1, 0.15) is 52.5 Å². The molecule has 1 aliphatic rings. The van der Waals surface area contributed by atoms with Gasteiger partial charge in [-0.15, -0.1) is 0 Å². The van der Waals surface area contributed by atoms with Gasteiger partial charge in [-0.05, 0) is 18.1 Å². The maximum Gasteiger partial charge on any atom is 0.167 e. The molecule has 0 fully saturated rings. The molecule has 0 atom stereocenters.